The van der Waals surface area contributed by atoms with Crippen molar-refractivity contribution in [1.82, 2.24) is 4.90 Å². The molecule has 18 heavy (non-hydrogen) atoms. The number of rotatable bonds is 6. The fraction of sp³-hybridized carbons (Fsp3) is 0.600. The number of hydrogen-bond acceptors (Lipinski definition) is 3. The molecule has 0 atom stereocenters. The maximum absolute atomic E-state index is 5.76. The Morgan fingerprint density at radius 2 is 1.89 bits per heavy atom. The smallest absolute Gasteiger partial charge is 0.119 e. The van der Waals surface area contributed by atoms with E-state index in [0.29, 0.717) is 0 Å². The molecule has 1 saturated carbocycles. The van der Waals surface area contributed by atoms with Crippen molar-refractivity contribution in [2.24, 2.45) is 0 Å². The van der Waals surface area contributed by atoms with Crippen LogP contribution in [0.3, 0.4) is 0 Å². The minimum absolute atomic E-state index is 0.758. The number of nitrogen functional groups attached to an aromatic ring is 1. The minimum Gasteiger partial charge on any atom is -0.492 e. The number of ether oxygens (including phenoxy) is 1. The highest BCUT2D eigenvalue weighted by atomic mass is 16.5. The molecule has 2 N–H and O–H groups in total. The van der Waals surface area contributed by atoms with Crippen molar-refractivity contribution in [2.75, 3.05) is 25.4 Å². The second kappa shape index (κ2) is 6.64. The van der Waals surface area contributed by atoms with Crippen LogP contribution >= 0.6 is 0 Å². The van der Waals surface area contributed by atoms with Crippen LogP contribution in [0.4, 0.5) is 5.69 Å². The molecule has 0 unspecified atom stereocenters. The molecule has 0 bridgehead atoms. The molecule has 0 heterocycles. The second-order valence-corrected chi connectivity index (χ2v) is 4.98. The van der Waals surface area contributed by atoms with Crippen LogP contribution in [-0.4, -0.2) is 30.6 Å². The van der Waals surface area contributed by atoms with E-state index in [-0.39, 0.29) is 0 Å². The average molecular weight is 248 g/mol. The zero-order chi connectivity index (χ0) is 12.8. The van der Waals surface area contributed by atoms with E-state index in [1.54, 1.807) is 0 Å². The van der Waals surface area contributed by atoms with Crippen molar-refractivity contribution in [3.8, 4) is 5.75 Å². The van der Waals surface area contributed by atoms with Crippen molar-refractivity contribution in [2.45, 2.75) is 38.6 Å². The fourth-order valence-electron chi connectivity index (χ4n) is 2.71. The summed E-state index contributed by atoms with van der Waals surface area (Å²) in [5.74, 6) is 0.909. The number of nitrogens with zero attached hydrogens (tertiary/aromatic N) is 1. The molecule has 3 heteroatoms. The lowest BCUT2D eigenvalue weighted by molar-refractivity contribution is 0.168. The molecule has 1 aliphatic rings. The highest BCUT2D eigenvalue weighted by molar-refractivity contribution is 5.41. The zero-order valence-electron chi connectivity index (χ0n) is 11.3. The molecule has 1 aromatic carbocycles. The Balaban J connectivity index is 1.74. The molecule has 1 aromatic rings. The Labute approximate surface area is 110 Å². The minimum atomic E-state index is 0.758. The van der Waals surface area contributed by atoms with Crippen molar-refractivity contribution < 1.29 is 4.74 Å². The molecular formula is C15H24N2O. The molecular weight excluding hydrogens is 224 g/mol. The molecule has 2 rings (SSSR count). The predicted molar refractivity (Wildman–Crippen MR) is 75.9 cm³/mol. The molecule has 0 aromatic heterocycles. The molecule has 0 saturated heterocycles. The third-order valence-electron chi connectivity index (χ3n) is 3.77. The third-order valence-corrected chi connectivity index (χ3v) is 3.77. The zero-order valence-corrected chi connectivity index (χ0v) is 11.3. The van der Waals surface area contributed by atoms with E-state index in [9.17, 15) is 0 Å². The summed E-state index contributed by atoms with van der Waals surface area (Å²) >= 11 is 0. The largest absolute Gasteiger partial charge is 0.492 e. The first kappa shape index (κ1) is 13.2. The normalized spacial score (nSPS) is 16.3. The standard InChI is InChI=1S/C15H24N2O/c1-2-17(14-5-3-4-6-14)11-12-18-15-9-7-13(16)8-10-15/h7-10,14H,2-6,11-12,16H2,1H3. The number of hydrogen-bond donors (Lipinski definition) is 1. The van der Waals surface area contributed by atoms with Gasteiger partial charge in [0.2, 0.25) is 0 Å². The lowest BCUT2D eigenvalue weighted by Gasteiger charge is -2.27. The van der Waals surface area contributed by atoms with Gasteiger partial charge in [-0.3, -0.25) is 4.90 Å². The van der Waals surface area contributed by atoms with Crippen molar-refractivity contribution in [1.29, 1.82) is 0 Å². The summed E-state index contributed by atoms with van der Waals surface area (Å²) in [5, 5.41) is 0. The van der Waals surface area contributed by atoms with Crippen LogP contribution in [0, 0.1) is 0 Å². The van der Waals surface area contributed by atoms with E-state index in [2.05, 4.69) is 11.8 Å². The maximum atomic E-state index is 5.76. The van der Waals surface area contributed by atoms with Crippen LogP contribution in [0.2, 0.25) is 0 Å². The first-order valence-corrected chi connectivity index (χ1v) is 7.02. The van der Waals surface area contributed by atoms with Gasteiger partial charge in [0.25, 0.3) is 0 Å². The van der Waals surface area contributed by atoms with Gasteiger partial charge in [-0.2, -0.15) is 0 Å². The summed E-state index contributed by atoms with van der Waals surface area (Å²) in [5.41, 5.74) is 6.43. The Morgan fingerprint density at radius 1 is 1.22 bits per heavy atom. The molecule has 0 aliphatic heterocycles. The number of likely N-dealkylation sites (N-methyl/N-ethyl adjacent to an activating group) is 1. The summed E-state index contributed by atoms with van der Waals surface area (Å²) in [6.45, 7) is 5.14. The Hall–Kier alpha value is -1.22. The third kappa shape index (κ3) is 3.64. The van der Waals surface area contributed by atoms with E-state index in [0.717, 1.165) is 37.2 Å². The molecule has 1 fully saturated rings. The fourth-order valence-corrected chi connectivity index (χ4v) is 2.71. The Bertz CT molecular complexity index is 344. The van der Waals surface area contributed by atoms with E-state index >= 15 is 0 Å². The number of benzene rings is 1. The van der Waals surface area contributed by atoms with Crippen molar-refractivity contribution in [3.05, 3.63) is 24.3 Å². The Morgan fingerprint density at radius 3 is 2.50 bits per heavy atom. The predicted octanol–water partition coefficient (Wildman–Crippen LogP) is 2.91. The van der Waals surface area contributed by atoms with Crippen LogP contribution in [0.5, 0.6) is 5.75 Å². The summed E-state index contributed by atoms with van der Waals surface area (Å²) in [6, 6.07) is 8.40. The molecule has 0 radical (unpaired) electrons. The van der Waals surface area contributed by atoms with Crippen LogP contribution in [0.1, 0.15) is 32.6 Å². The van der Waals surface area contributed by atoms with Gasteiger partial charge in [-0.05, 0) is 43.7 Å². The molecule has 0 spiro atoms. The van der Waals surface area contributed by atoms with Gasteiger partial charge >= 0.3 is 0 Å². The van der Waals surface area contributed by atoms with Crippen LogP contribution in [0.15, 0.2) is 24.3 Å². The lowest BCUT2D eigenvalue weighted by atomic mass is 10.2. The van der Waals surface area contributed by atoms with Gasteiger partial charge in [0, 0.05) is 18.3 Å². The van der Waals surface area contributed by atoms with Crippen LogP contribution in [-0.2, 0) is 0 Å². The van der Waals surface area contributed by atoms with Gasteiger partial charge in [-0.1, -0.05) is 19.8 Å². The monoisotopic (exact) mass is 248 g/mol. The molecule has 1 aliphatic carbocycles. The summed E-state index contributed by atoms with van der Waals surface area (Å²) in [6.07, 6.45) is 5.49. The van der Waals surface area contributed by atoms with E-state index in [1.807, 2.05) is 24.3 Å². The topological polar surface area (TPSA) is 38.5 Å². The van der Waals surface area contributed by atoms with Crippen molar-refractivity contribution in [3.63, 3.8) is 0 Å². The van der Waals surface area contributed by atoms with Gasteiger partial charge < -0.3 is 10.5 Å². The first-order valence-electron chi connectivity index (χ1n) is 7.02. The molecule has 0 amide bonds. The maximum Gasteiger partial charge on any atom is 0.119 e. The van der Waals surface area contributed by atoms with Crippen LogP contribution < -0.4 is 10.5 Å². The van der Waals surface area contributed by atoms with E-state index < -0.39 is 0 Å². The van der Waals surface area contributed by atoms with Crippen molar-refractivity contribution >= 4 is 5.69 Å². The van der Waals surface area contributed by atoms with Gasteiger partial charge in [0.05, 0.1) is 0 Å². The highest BCUT2D eigenvalue weighted by Gasteiger charge is 2.20. The van der Waals surface area contributed by atoms with Gasteiger partial charge in [0.15, 0.2) is 0 Å². The van der Waals surface area contributed by atoms with Gasteiger partial charge in [0.1, 0.15) is 12.4 Å². The van der Waals surface area contributed by atoms with Gasteiger partial charge in [-0.15, -0.1) is 0 Å². The SMILES string of the molecule is CCN(CCOc1ccc(N)cc1)C1CCCC1. The quantitative estimate of drug-likeness (QED) is 0.787. The van der Waals surface area contributed by atoms with Crippen LogP contribution in [0.25, 0.3) is 0 Å². The van der Waals surface area contributed by atoms with E-state index in [1.165, 1.54) is 25.7 Å². The molecule has 3 nitrogen and oxygen atoms in total. The highest BCUT2D eigenvalue weighted by Crippen LogP contribution is 2.23. The first-order chi connectivity index (χ1) is 8.79. The second-order valence-electron chi connectivity index (χ2n) is 4.98. The molecule has 100 valence electrons. The average Bonchev–Trinajstić information content (AvgIpc) is 2.91. The Kier molecular flexibility index (Phi) is 4.88. The van der Waals surface area contributed by atoms with E-state index in [4.69, 9.17) is 10.5 Å². The number of anilines is 1. The summed E-state index contributed by atoms with van der Waals surface area (Å²) in [4.78, 5) is 2.55. The lowest BCUT2D eigenvalue weighted by Crippen LogP contribution is -2.36. The summed E-state index contributed by atoms with van der Waals surface area (Å²) in [7, 11) is 0. The van der Waals surface area contributed by atoms with Gasteiger partial charge in [-0.25, -0.2) is 0 Å². The number of nitrogens with two attached hydrogens (primary N) is 1. The summed E-state index contributed by atoms with van der Waals surface area (Å²) < 4.78 is 5.76.